The number of likely N-dealkylation sites (tertiary alicyclic amines) is 1. The van der Waals surface area contributed by atoms with Crippen LogP contribution in [-0.2, 0) is 4.79 Å². The van der Waals surface area contributed by atoms with Crippen LogP contribution < -0.4 is 5.32 Å². The van der Waals surface area contributed by atoms with Gasteiger partial charge in [-0.25, -0.2) is 4.79 Å². The normalized spacial score (nSPS) is 19.4. The Balaban J connectivity index is 2.44. The Hall–Kier alpha value is -0.910. The number of carboxylic acid groups (broad SMARTS) is 1. The third kappa shape index (κ3) is 4.30. The molecule has 1 aliphatic heterocycles. The molecule has 0 aliphatic carbocycles. The minimum absolute atomic E-state index is 0.0655. The molecule has 2 N–H and O–H groups in total. The van der Waals surface area contributed by atoms with Crippen molar-refractivity contribution in [3.05, 3.63) is 0 Å². The van der Waals surface area contributed by atoms with E-state index in [-0.39, 0.29) is 12.1 Å². The van der Waals surface area contributed by atoms with Crippen LogP contribution >= 0.6 is 11.8 Å². The maximum atomic E-state index is 12.1. The van der Waals surface area contributed by atoms with E-state index in [1.54, 1.807) is 16.7 Å². The standard InChI is InChI=1S/C14H26N2O3S/c1-4-14(12(17)18)6-8-16(9-7-14)13(19)15-11(3)10-20-5-2/h11H,4-10H2,1-3H3,(H,15,19)(H,17,18). The van der Waals surface area contributed by atoms with Gasteiger partial charge in [-0.3, -0.25) is 4.79 Å². The minimum atomic E-state index is -0.729. The highest BCUT2D eigenvalue weighted by Crippen LogP contribution is 2.35. The maximum absolute atomic E-state index is 12.1. The lowest BCUT2D eigenvalue weighted by Gasteiger charge is -2.38. The van der Waals surface area contributed by atoms with Crippen LogP contribution in [0.4, 0.5) is 4.79 Å². The summed E-state index contributed by atoms with van der Waals surface area (Å²) in [5.74, 6) is 1.22. The molecule has 2 amide bonds. The summed E-state index contributed by atoms with van der Waals surface area (Å²) in [6.07, 6.45) is 1.72. The number of carbonyl (C=O) groups is 2. The second-order valence-corrected chi connectivity index (χ2v) is 6.76. The van der Waals surface area contributed by atoms with Gasteiger partial charge >= 0.3 is 12.0 Å². The van der Waals surface area contributed by atoms with E-state index in [0.717, 1.165) is 11.5 Å². The lowest BCUT2D eigenvalue weighted by Crippen LogP contribution is -2.51. The van der Waals surface area contributed by atoms with Gasteiger partial charge in [0.1, 0.15) is 0 Å². The zero-order valence-corrected chi connectivity index (χ0v) is 13.5. The summed E-state index contributed by atoms with van der Waals surface area (Å²) in [7, 11) is 0. The topological polar surface area (TPSA) is 69.6 Å². The first-order valence-electron chi connectivity index (χ1n) is 7.31. The molecule has 1 fully saturated rings. The van der Waals surface area contributed by atoms with Crippen molar-refractivity contribution in [2.24, 2.45) is 5.41 Å². The summed E-state index contributed by atoms with van der Waals surface area (Å²) in [4.78, 5) is 25.2. The second kappa shape index (κ2) is 7.76. The number of piperidine rings is 1. The van der Waals surface area contributed by atoms with Crippen LogP contribution in [0.15, 0.2) is 0 Å². The zero-order valence-electron chi connectivity index (χ0n) is 12.6. The Morgan fingerprint density at radius 1 is 1.35 bits per heavy atom. The zero-order chi connectivity index (χ0) is 15.2. The number of rotatable bonds is 6. The predicted octanol–water partition coefficient (Wildman–Crippen LogP) is 2.41. The Kier molecular flexibility index (Phi) is 6.65. The van der Waals surface area contributed by atoms with Crippen LogP contribution in [0.2, 0.25) is 0 Å². The molecule has 1 unspecified atom stereocenters. The van der Waals surface area contributed by atoms with E-state index in [2.05, 4.69) is 12.2 Å². The van der Waals surface area contributed by atoms with Crippen molar-refractivity contribution in [1.82, 2.24) is 10.2 Å². The smallest absolute Gasteiger partial charge is 0.317 e. The van der Waals surface area contributed by atoms with Gasteiger partial charge in [0.15, 0.2) is 0 Å². The Labute approximate surface area is 125 Å². The van der Waals surface area contributed by atoms with Gasteiger partial charge in [0.25, 0.3) is 0 Å². The third-order valence-corrected chi connectivity index (χ3v) is 5.22. The van der Waals surface area contributed by atoms with Gasteiger partial charge in [-0.2, -0.15) is 11.8 Å². The summed E-state index contributed by atoms with van der Waals surface area (Å²) in [5.41, 5.74) is -0.638. The molecule has 6 heteroatoms. The average Bonchev–Trinajstić information content (AvgIpc) is 2.44. The molecule has 0 bridgehead atoms. The lowest BCUT2D eigenvalue weighted by atomic mass is 9.76. The van der Waals surface area contributed by atoms with Crippen molar-refractivity contribution in [3.8, 4) is 0 Å². The first-order chi connectivity index (χ1) is 9.45. The van der Waals surface area contributed by atoms with Gasteiger partial charge in [-0.05, 0) is 31.9 Å². The van der Waals surface area contributed by atoms with Crippen LogP contribution in [0.1, 0.15) is 40.0 Å². The summed E-state index contributed by atoms with van der Waals surface area (Å²) in [5, 5.41) is 12.3. The van der Waals surface area contributed by atoms with E-state index in [0.29, 0.717) is 32.4 Å². The highest BCUT2D eigenvalue weighted by atomic mass is 32.2. The number of nitrogens with zero attached hydrogens (tertiary/aromatic N) is 1. The first kappa shape index (κ1) is 17.1. The lowest BCUT2D eigenvalue weighted by molar-refractivity contribution is -0.151. The molecule has 0 radical (unpaired) electrons. The fourth-order valence-corrected chi connectivity index (χ4v) is 3.17. The molecule has 5 nitrogen and oxygen atoms in total. The number of hydrogen-bond acceptors (Lipinski definition) is 3. The van der Waals surface area contributed by atoms with Crippen molar-refractivity contribution in [1.29, 1.82) is 0 Å². The number of urea groups is 1. The summed E-state index contributed by atoms with van der Waals surface area (Å²) >= 11 is 1.80. The summed E-state index contributed by atoms with van der Waals surface area (Å²) in [6.45, 7) is 7.06. The molecule has 1 rings (SSSR count). The van der Waals surface area contributed by atoms with Crippen LogP contribution in [0.3, 0.4) is 0 Å². The van der Waals surface area contributed by atoms with E-state index in [1.807, 2.05) is 13.8 Å². The second-order valence-electron chi connectivity index (χ2n) is 5.44. The van der Waals surface area contributed by atoms with E-state index in [1.165, 1.54) is 0 Å². The van der Waals surface area contributed by atoms with E-state index >= 15 is 0 Å². The fraction of sp³-hybridized carbons (Fsp3) is 0.857. The number of thioether (sulfide) groups is 1. The SMILES string of the molecule is CCSCC(C)NC(=O)N1CCC(CC)(C(=O)O)CC1. The highest BCUT2D eigenvalue weighted by molar-refractivity contribution is 7.99. The molecule has 20 heavy (non-hydrogen) atoms. The molecule has 0 spiro atoms. The van der Waals surface area contributed by atoms with E-state index in [9.17, 15) is 14.7 Å². The Morgan fingerprint density at radius 3 is 2.40 bits per heavy atom. The van der Waals surface area contributed by atoms with Crippen molar-refractivity contribution in [3.63, 3.8) is 0 Å². The molecule has 0 saturated carbocycles. The minimum Gasteiger partial charge on any atom is -0.481 e. The molecule has 1 saturated heterocycles. The molecular weight excluding hydrogens is 276 g/mol. The largest absolute Gasteiger partial charge is 0.481 e. The van der Waals surface area contributed by atoms with Gasteiger partial charge < -0.3 is 15.3 Å². The quantitative estimate of drug-likeness (QED) is 0.790. The number of aliphatic carboxylic acids is 1. The van der Waals surface area contributed by atoms with Gasteiger partial charge in [-0.15, -0.1) is 0 Å². The third-order valence-electron chi connectivity index (χ3n) is 4.08. The molecule has 0 aromatic carbocycles. The molecular formula is C14H26N2O3S. The number of nitrogens with one attached hydrogen (secondary N) is 1. The number of carboxylic acids is 1. The molecule has 1 atom stereocenters. The van der Waals surface area contributed by atoms with Gasteiger partial charge in [0, 0.05) is 24.9 Å². The van der Waals surface area contributed by atoms with Crippen molar-refractivity contribution in [2.45, 2.75) is 46.1 Å². The van der Waals surface area contributed by atoms with Crippen molar-refractivity contribution >= 4 is 23.8 Å². The van der Waals surface area contributed by atoms with Gasteiger partial charge in [0.2, 0.25) is 0 Å². The first-order valence-corrected chi connectivity index (χ1v) is 8.47. The van der Waals surface area contributed by atoms with Gasteiger partial charge in [-0.1, -0.05) is 13.8 Å². The van der Waals surface area contributed by atoms with Crippen LogP contribution in [-0.4, -0.2) is 52.6 Å². The molecule has 0 aromatic heterocycles. The van der Waals surface area contributed by atoms with Crippen LogP contribution in [0.25, 0.3) is 0 Å². The Morgan fingerprint density at radius 2 is 1.95 bits per heavy atom. The fourth-order valence-electron chi connectivity index (χ4n) is 2.49. The van der Waals surface area contributed by atoms with Crippen molar-refractivity contribution < 1.29 is 14.7 Å². The molecule has 116 valence electrons. The van der Waals surface area contributed by atoms with E-state index < -0.39 is 11.4 Å². The maximum Gasteiger partial charge on any atom is 0.317 e. The monoisotopic (exact) mass is 302 g/mol. The molecule has 1 heterocycles. The summed E-state index contributed by atoms with van der Waals surface area (Å²) < 4.78 is 0. The number of carbonyl (C=O) groups excluding carboxylic acids is 1. The van der Waals surface area contributed by atoms with Crippen LogP contribution in [0, 0.1) is 5.41 Å². The molecule has 1 aliphatic rings. The summed E-state index contributed by atoms with van der Waals surface area (Å²) in [6, 6.07) is 0.0778. The number of amides is 2. The highest BCUT2D eigenvalue weighted by Gasteiger charge is 2.40. The molecule has 0 aromatic rings. The van der Waals surface area contributed by atoms with Gasteiger partial charge in [0.05, 0.1) is 5.41 Å². The predicted molar refractivity (Wildman–Crippen MR) is 82.2 cm³/mol. The average molecular weight is 302 g/mol. The Bertz CT molecular complexity index is 341. The van der Waals surface area contributed by atoms with E-state index in [4.69, 9.17) is 0 Å². The number of hydrogen-bond donors (Lipinski definition) is 2. The van der Waals surface area contributed by atoms with Crippen LogP contribution in [0.5, 0.6) is 0 Å². The van der Waals surface area contributed by atoms with Crippen molar-refractivity contribution in [2.75, 3.05) is 24.6 Å².